The number of allylic oxidation sites excluding steroid dienone is 3. The Labute approximate surface area is 416 Å². The number of thioether (sulfide) groups is 1. The maximum absolute atomic E-state index is 14.1. The van der Waals surface area contributed by atoms with E-state index in [0.717, 1.165) is 0 Å². The molecule has 5 N–H and O–H groups in total. The number of carbonyl (C=O) groups excluding carboxylic acids is 2. The molecule has 5 rings (SSSR count). The number of ketones is 1. The van der Waals surface area contributed by atoms with E-state index in [4.69, 9.17) is 42.6 Å². The lowest BCUT2D eigenvalue weighted by Gasteiger charge is -2.50. The van der Waals surface area contributed by atoms with Crippen LogP contribution in [0.4, 0.5) is 0 Å². The number of aromatic nitrogens is 4. The average molecular weight is 1020 g/mol. The number of aryl methyl sites for hydroxylation is 1. The van der Waals surface area contributed by atoms with Crippen molar-refractivity contribution >= 4 is 23.5 Å². The van der Waals surface area contributed by atoms with Gasteiger partial charge in [0.15, 0.2) is 24.7 Å². The second-order valence-electron chi connectivity index (χ2n) is 20.1. The second kappa shape index (κ2) is 26.1. The van der Waals surface area contributed by atoms with Crippen molar-refractivity contribution in [2.24, 2.45) is 30.7 Å². The summed E-state index contributed by atoms with van der Waals surface area (Å²) in [5.74, 6) is -2.62. The van der Waals surface area contributed by atoms with Gasteiger partial charge in [0.05, 0.1) is 55.2 Å². The second-order valence-corrected chi connectivity index (χ2v) is 21.1. The van der Waals surface area contributed by atoms with E-state index in [2.05, 4.69) is 15.5 Å². The number of likely N-dealkylation sites (N-methyl/N-ethyl adjacent to an activating group) is 1. The molecule has 0 radical (unpaired) electrons. The van der Waals surface area contributed by atoms with E-state index in [1.165, 1.54) is 39.0 Å². The van der Waals surface area contributed by atoms with Crippen molar-refractivity contribution in [3.8, 4) is 0 Å². The Morgan fingerprint density at radius 1 is 0.900 bits per heavy atom. The number of aliphatic hydroxyl groups excluding tert-OH is 4. The quantitative estimate of drug-likeness (QED) is 0.124. The maximum atomic E-state index is 14.1. The van der Waals surface area contributed by atoms with Gasteiger partial charge in [-0.05, 0) is 90.4 Å². The van der Waals surface area contributed by atoms with E-state index in [0.29, 0.717) is 35.7 Å². The van der Waals surface area contributed by atoms with Crippen LogP contribution in [0.5, 0.6) is 0 Å². The Kier molecular flexibility index (Phi) is 21.8. The fraction of sp³-hybridized carbons (Fsp3) is 0.854. The third kappa shape index (κ3) is 14.6. The van der Waals surface area contributed by atoms with E-state index >= 15 is 0 Å². The van der Waals surface area contributed by atoms with Gasteiger partial charge >= 0.3 is 5.97 Å². The molecule has 1 aromatic heterocycles. The molecule has 3 saturated heterocycles. The Morgan fingerprint density at radius 2 is 1.59 bits per heavy atom. The van der Waals surface area contributed by atoms with Crippen molar-refractivity contribution < 1.29 is 77.8 Å². The minimum atomic E-state index is -1.49. The van der Waals surface area contributed by atoms with Crippen LogP contribution in [0.2, 0.25) is 0 Å². The summed E-state index contributed by atoms with van der Waals surface area (Å²) in [7, 11) is 8.26. The van der Waals surface area contributed by atoms with Crippen LogP contribution in [0.1, 0.15) is 87.5 Å². The summed E-state index contributed by atoms with van der Waals surface area (Å²) in [5, 5.41) is 69.0. The number of methoxy groups -OCH3 is 2. The van der Waals surface area contributed by atoms with Crippen LogP contribution < -0.4 is 0 Å². The summed E-state index contributed by atoms with van der Waals surface area (Å²) < 4.78 is 57.1. The first-order valence-electron chi connectivity index (χ1n) is 24.5. The maximum Gasteiger partial charge on any atom is 0.308 e. The zero-order valence-electron chi connectivity index (χ0n) is 43.1. The van der Waals surface area contributed by atoms with Gasteiger partial charge in [0.2, 0.25) is 5.16 Å². The minimum absolute atomic E-state index is 0.00276. The van der Waals surface area contributed by atoms with E-state index in [9.17, 15) is 35.1 Å². The molecule has 400 valence electrons. The molecule has 4 aliphatic rings. The summed E-state index contributed by atoms with van der Waals surface area (Å²) in [4.78, 5) is 29.9. The molecule has 70 heavy (non-hydrogen) atoms. The van der Waals surface area contributed by atoms with Crippen molar-refractivity contribution in [1.82, 2.24) is 25.1 Å². The molecule has 22 heteroatoms. The molecule has 0 aliphatic carbocycles. The molecule has 5 heterocycles. The van der Waals surface area contributed by atoms with Crippen molar-refractivity contribution in [1.29, 1.82) is 0 Å². The standard InChI is InChI=1S/C48H81N5O16S/c1-14-34-31(23-63-46-43(62-13)42(61-12)38(57)27(5)65-46)19-24(2)15-16-32(54)25(3)20-30(17-18-70-47-49-50-51-53(47)11)40(26(4)33(55)21-35(56)67-34)69-45-39(58)37(52(9)10)41(28(6)66-45)68-36-22-48(8,60)44(59)29(7)64-36/h15-16,19,25-31,33-34,36-46,55,57-60H,14,17-18,20-23H2,1-13H3/b16-15+,24-19+/t25-,26+,27-,28-,29+,30+,31-,33-,34-,36+,37-,38-,39-,40-,41-,42-,43-,44+,45+,46-,48-/m1/s1. The highest BCUT2D eigenvalue weighted by Crippen LogP contribution is 2.38. The predicted octanol–water partition coefficient (Wildman–Crippen LogP) is 1.95. The Bertz CT molecular complexity index is 1880. The van der Waals surface area contributed by atoms with Crippen LogP contribution in [-0.4, -0.2) is 207 Å². The lowest BCUT2D eigenvalue weighted by atomic mass is 9.79. The van der Waals surface area contributed by atoms with Gasteiger partial charge in [-0.25, -0.2) is 4.68 Å². The van der Waals surface area contributed by atoms with Crippen molar-refractivity contribution in [2.75, 3.05) is 40.7 Å². The van der Waals surface area contributed by atoms with Crippen molar-refractivity contribution in [3.63, 3.8) is 0 Å². The zero-order valence-corrected chi connectivity index (χ0v) is 43.9. The molecule has 21 atom stereocenters. The molecular formula is C48H81N5O16S. The van der Waals surface area contributed by atoms with Gasteiger partial charge in [0.25, 0.3) is 0 Å². The molecule has 0 spiro atoms. The van der Waals surface area contributed by atoms with Gasteiger partial charge in [-0.15, -0.1) is 5.10 Å². The van der Waals surface area contributed by atoms with Gasteiger partial charge in [0.1, 0.15) is 42.7 Å². The number of ether oxygens (including phenoxy) is 9. The van der Waals surface area contributed by atoms with Gasteiger partial charge < -0.3 is 73.1 Å². The highest BCUT2D eigenvalue weighted by atomic mass is 32.2. The van der Waals surface area contributed by atoms with E-state index in [1.807, 2.05) is 26.8 Å². The SMILES string of the molecule is CC[C@H]1OC(=O)C[C@@H](O)[C@H](C)[C@@H](O[C@@H]2O[C@H](C)[C@@H](O[C@H]3C[C@@](C)(O)[C@@H](O)[C@H](C)O3)[C@H](N(C)C)[C@H]2O)[C@@H](CCSc2nnnn2C)C[C@@H](C)C(=O)/C=C/C(C)=C/[C@@H]1CO[C@@H]1O[C@H](C)[C@@H](O)[C@@H](OC)[C@H]1OC. The normalized spacial score (nSPS) is 43.1. The molecule has 4 aliphatic heterocycles. The average Bonchev–Trinajstić information content (AvgIpc) is 3.71. The predicted molar refractivity (Wildman–Crippen MR) is 254 cm³/mol. The van der Waals surface area contributed by atoms with Crippen molar-refractivity contribution in [2.45, 2.75) is 196 Å². The third-order valence-corrected chi connectivity index (χ3v) is 15.4. The van der Waals surface area contributed by atoms with Crippen LogP contribution in [0.15, 0.2) is 29.0 Å². The highest BCUT2D eigenvalue weighted by molar-refractivity contribution is 7.99. The zero-order chi connectivity index (χ0) is 51.8. The van der Waals surface area contributed by atoms with Gasteiger partial charge in [0, 0.05) is 51.2 Å². The molecule has 1 aromatic rings. The highest BCUT2D eigenvalue weighted by Gasteiger charge is 2.52. The summed E-state index contributed by atoms with van der Waals surface area (Å²) in [5.41, 5.74) is -0.775. The van der Waals surface area contributed by atoms with Crippen LogP contribution in [0, 0.1) is 23.7 Å². The fourth-order valence-corrected chi connectivity index (χ4v) is 11.0. The van der Waals surface area contributed by atoms with E-state index < -0.39 is 140 Å². The molecule has 0 unspecified atom stereocenters. The van der Waals surface area contributed by atoms with Gasteiger partial charge in [-0.2, -0.15) is 0 Å². The van der Waals surface area contributed by atoms with Gasteiger partial charge in [-0.3, -0.25) is 9.59 Å². The Morgan fingerprint density at radius 3 is 2.20 bits per heavy atom. The van der Waals surface area contributed by atoms with Gasteiger partial charge in [-0.1, -0.05) is 50.3 Å². The lowest BCUT2D eigenvalue weighted by molar-refractivity contribution is -0.342. The van der Waals surface area contributed by atoms with E-state index in [1.54, 1.807) is 64.5 Å². The van der Waals surface area contributed by atoms with Crippen molar-refractivity contribution in [3.05, 3.63) is 23.8 Å². The number of esters is 1. The monoisotopic (exact) mass is 1020 g/mol. The molecule has 21 nitrogen and oxygen atoms in total. The molecule has 0 bridgehead atoms. The summed E-state index contributed by atoms with van der Waals surface area (Å²) >= 11 is 1.42. The molecule has 0 saturated carbocycles. The first-order chi connectivity index (χ1) is 33.0. The smallest absolute Gasteiger partial charge is 0.308 e. The Hall–Kier alpha value is -2.52. The molecular weight excluding hydrogens is 935 g/mol. The summed E-state index contributed by atoms with van der Waals surface area (Å²) in [6, 6.07) is -0.727. The Balaban J connectivity index is 1.45. The number of hydrogen-bond acceptors (Lipinski definition) is 21. The first kappa shape index (κ1) is 58.4. The van der Waals surface area contributed by atoms with Crippen LogP contribution in [0.3, 0.4) is 0 Å². The minimum Gasteiger partial charge on any atom is -0.462 e. The van der Waals surface area contributed by atoms with Crippen LogP contribution in [-0.2, 0) is 59.3 Å². The van der Waals surface area contributed by atoms with E-state index in [-0.39, 0.29) is 18.8 Å². The number of tetrazole rings is 1. The largest absolute Gasteiger partial charge is 0.462 e. The number of cyclic esters (lactones) is 1. The first-order valence-corrected chi connectivity index (χ1v) is 25.5. The molecule has 0 aromatic carbocycles. The number of hydrogen-bond donors (Lipinski definition) is 5. The topological polar surface area (TPSA) is 265 Å². The van der Waals surface area contributed by atoms with Crippen LogP contribution in [0.25, 0.3) is 0 Å². The number of carbonyl (C=O) groups is 2. The lowest BCUT2D eigenvalue weighted by Crippen LogP contribution is -2.65. The third-order valence-electron chi connectivity index (χ3n) is 14.3. The number of rotatable bonds is 15. The molecule has 0 amide bonds. The van der Waals surface area contributed by atoms with Crippen LogP contribution >= 0.6 is 11.8 Å². The number of aliphatic hydroxyl groups is 5. The fourth-order valence-electron chi connectivity index (χ4n) is 10.1. The molecule has 3 fully saturated rings. The number of nitrogens with zero attached hydrogens (tertiary/aromatic N) is 5. The summed E-state index contributed by atoms with van der Waals surface area (Å²) in [6.07, 6.45) is -8.02. The summed E-state index contributed by atoms with van der Waals surface area (Å²) in [6.45, 7) is 14.0.